The van der Waals surface area contributed by atoms with E-state index in [1.807, 2.05) is 0 Å². The molecule has 1 aromatic heterocycles. The number of carbonyl (C=O) groups excluding carboxylic acids is 4. The Labute approximate surface area is 190 Å². The van der Waals surface area contributed by atoms with Gasteiger partial charge in [0.1, 0.15) is 5.56 Å². The third-order valence-electron chi connectivity index (χ3n) is 5.70. The second-order valence-electron chi connectivity index (χ2n) is 7.92. The predicted molar refractivity (Wildman–Crippen MR) is 120 cm³/mol. The van der Waals surface area contributed by atoms with Crippen LogP contribution in [0, 0.1) is 5.92 Å². The van der Waals surface area contributed by atoms with Gasteiger partial charge in [0.05, 0.1) is 25.6 Å². The molecule has 0 spiro atoms. The monoisotopic (exact) mass is 456 g/mol. The van der Waals surface area contributed by atoms with Crippen molar-refractivity contribution in [3.05, 3.63) is 46.2 Å². The van der Waals surface area contributed by atoms with Gasteiger partial charge >= 0.3 is 5.97 Å². The largest absolute Gasteiger partial charge is 0.466 e. The SMILES string of the molecule is CCOC(=O)C1CCN(C(=O)CN(C)C(=O)CNC(=O)c2c[nH]c3ccccc3c2=O)CC1. The Morgan fingerprint density at radius 1 is 1.18 bits per heavy atom. The Morgan fingerprint density at radius 2 is 1.88 bits per heavy atom. The third kappa shape index (κ3) is 5.76. The molecule has 1 aromatic carbocycles. The molecule has 10 nitrogen and oxygen atoms in total. The number of aromatic nitrogens is 1. The Morgan fingerprint density at radius 3 is 2.58 bits per heavy atom. The first-order chi connectivity index (χ1) is 15.8. The van der Waals surface area contributed by atoms with Crippen LogP contribution >= 0.6 is 0 Å². The molecule has 3 amide bonds. The van der Waals surface area contributed by atoms with Gasteiger partial charge in [-0.15, -0.1) is 0 Å². The number of hydrogen-bond acceptors (Lipinski definition) is 6. The molecule has 1 saturated heterocycles. The van der Waals surface area contributed by atoms with Crippen molar-refractivity contribution in [2.24, 2.45) is 5.92 Å². The van der Waals surface area contributed by atoms with Crippen molar-refractivity contribution < 1.29 is 23.9 Å². The number of pyridine rings is 1. The van der Waals surface area contributed by atoms with Crippen LogP contribution in [0.2, 0.25) is 0 Å². The Kier molecular flexibility index (Phi) is 7.81. The molecule has 0 saturated carbocycles. The number of H-pyrrole nitrogens is 1. The number of amides is 3. The number of hydrogen-bond donors (Lipinski definition) is 2. The number of para-hydroxylation sites is 1. The lowest BCUT2D eigenvalue weighted by atomic mass is 9.97. The van der Waals surface area contributed by atoms with Gasteiger partial charge in [0.25, 0.3) is 5.91 Å². The lowest BCUT2D eigenvalue weighted by Gasteiger charge is -2.32. The predicted octanol–water partition coefficient (Wildman–Crippen LogP) is 0.518. The van der Waals surface area contributed by atoms with Gasteiger partial charge in [-0.1, -0.05) is 12.1 Å². The number of likely N-dealkylation sites (tertiary alicyclic amines) is 1. The maximum absolute atomic E-state index is 12.5. The minimum Gasteiger partial charge on any atom is -0.466 e. The fourth-order valence-corrected chi connectivity index (χ4v) is 3.74. The minimum atomic E-state index is -0.670. The van der Waals surface area contributed by atoms with Crippen LogP contribution < -0.4 is 10.7 Å². The molecule has 33 heavy (non-hydrogen) atoms. The summed E-state index contributed by atoms with van der Waals surface area (Å²) in [7, 11) is 1.47. The highest BCUT2D eigenvalue weighted by Gasteiger charge is 2.29. The van der Waals surface area contributed by atoms with Crippen LogP contribution in [0.3, 0.4) is 0 Å². The van der Waals surface area contributed by atoms with E-state index in [9.17, 15) is 24.0 Å². The molecule has 1 fully saturated rings. The Bertz CT molecular complexity index is 1100. The van der Waals surface area contributed by atoms with Crippen LogP contribution in [0.4, 0.5) is 0 Å². The van der Waals surface area contributed by atoms with E-state index in [0.717, 1.165) is 0 Å². The topological polar surface area (TPSA) is 129 Å². The molecule has 2 N–H and O–H groups in total. The third-order valence-corrected chi connectivity index (χ3v) is 5.70. The zero-order chi connectivity index (χ0) is 24.0. The van der Waals surface area contributed by atoms with Crippen LogP contribution in [0.15, 0.2) is 35.3 Å². The van der Waals surface area contributed by atoms with Crippen molar-refractivity contribution in [1.82, 2.24) is 20.1 Å². The summed E-state index contributed by atoms with van der Waals surface area (Å²) in [5.41, 5.74) is 0.0911. The number of rotatable bonds is 7. The molecule has 2 heterocycles. The number of fused-ring (bicyclic) bond motifs is 1. The standard InChI is InChI=1S/C23H28N4O6/c1-3-33-23(32)15-8-10-27(11-9-15)20(29)14-26(2)19(28)13-25-22(31)17-12-24-18-7-5-4-6-16(18)21(17)30/h4-7,12,15H,3,8-11,13-14H2,1-2H3,(H,24,30)(H,25,31). The molecular weight excluding hydrogens is 428 g/mol. The highest BCUT2D eigenvalue weighted by Crippen LogP contribution is 2.18. The van der Waals surface area contributed by atoms with Crippen molar-refractivity contribution in [1.29, 1.82) is 0 Å². The van der Waals surface area contributed by atoms with E-state index in [-0.39, 0.29) is 36.4 Å². The normalized spacial score (nSPS) is 14.1. The first kappa shape index (κ1) is 24.0. The van der Waals surface area contributed by atoms with Gasteiger partial charge in [-0.25, -0.2) is 0 Å². The number of aromatic amines is 1. The zero-order valence-electron chi connectivity index (χ0n) is 18.8. The van der Waals surface area contributed by atoms with E-state index < -0.39 is 17.2 Å². The minimum absolute atomic E-state index is 0.0929. The van der Waals surface area contributed by atoms with Crippen molar-refractivity contribution >= 4 is 34.6 Å². The smallest absolute Gasteiger partial charge is 0.309 e. The van der Waals surface area contributed by atoms with Crippen LogP contribution in [0.5, 0.6) is 0 Å². The van der Waals surface area contributed by atoms with Gasteiger partial charge in [-0.3, -0.25) is 24.0 Å². The molecule has 0 aliphatic carbocycles. The number of carbonyl (C=O) groups is 4. The molecule has 1 aliphatic heterocycles. The van der Waals surface area contributed by atoms with Crippen LogP contribution in [-0.2, 0) is 19.1 Å². The van der Waals surface area contributed by atoms with Crippen LogP contribution in [-0.4, -0.2) is 78.3 Å². The lowest BCUT2D eigenvalue weighted by molar-refractivity contribution is -0.151. The maximum Gasteiger partial charge on any atom is 0.309 e. The van der Waals surface area contributed by atoms with Gasteiger partial charge in [-0.2, -0.15) is 0 Å². The molecule has 2 aromatic rings. The Balaban J connectivity index is 1.48. The van der Waals surface area contributed by atoms with Crippen molar-refractivity contribution in [2.75, 3.05) is 39.8 Å². The van der Waals surface area contributed by atoms with E-state index in [0.29, 0.717) is 43.4 Å². The van der Waals surface area contributed by atoms with E-state index in [4.69, 9.17) is 4.74 Å². The van der Waals surface area contributed by atoms with Crippen molar-refractivity contribution in [2.45, 2.75) is 19.8 Å². The first-order valence-electron chi connectivity index (χ1n) is 10.9. The summed E-state index contributed by atoms with van der Waals surface area (Å²) in [6.45, 7) is 2.44. The highest BCUT2D eigenvalue weighted by atomic mass is 16.5. The molecule has 0 bridgehead atoms. The van der Waals surface area contributed by atoms with Gasteiger partial charge < -0.3 is 24.8 Å². The summed E-state index contributed by atoms with van der Waals surface area (Å²) < 4.78 is 5.03. The second-order valence-corrected chi connectivity index (χ2v) is 7.92. The molecule has 1 aliphatic rings. The molecule has 176 valence electrons. The van der Waals surface area contributed by atoms with Gasteiger partial charge in [0.15, 0.2) is 0 Å². The summed E-state index contributed by atoms with van der Waals surface area (Å²) in [5.74, 6) is -1.81. The second kappa shape index (κ2) is 10.8. The van der Waals surface area contributed by atoms with E-state index in [1.165, 1.54) is 18.1 Å². The fourth-order valence-electron chi connectivity index (χ4n) is 3.74. The number of ether oxygens (including phenoxy) is 1. The zero-order valence-corrected chi connectivity index (χ0v) is 18.8. The summed E-state index contributed by atoms with van der Waals surface area (Å²) >= 11 is 0. The first-order valence-corrected chi connectivity index (χ1v) is 10.9. The molecule has 3 rings (SSSR count). The average Bonchev–Trinajstić information content (AvgIpc) is 2.82. The maximum atomic E-state index is 12.5. The van der Waals surface area contributed by atoms with Crippen molar-refractivity contribution in [3.8, 4) is 0 Å². The number of likely N-dealkylation sites (N-methyl/N-ethyl adjacent to an activating group) is 1. The van der Waals surface area contributed by atoms with Crippen molar-refractivity contribution in [3.63, 3.8) is 0 Å². The molecule has 0 atom stereocenters. The summed E-state index contributed by atoms with van der Waals surface area (Å²) in [6, 6.07) is 6.82. The van der Waals surface area contributed by atoms with Gasteiger partial charge in [-0.05, 0) is 31.9 Å². The molecule has 0 unspecified atom stereocenters. The van der Waals surface area contributed by atoms with E-state index in [1.54, 1.807) is 36.1 Å². The highest BCUT2D eigenvalue weighted by molar-refractivity contribution is 5.99. The molecule has 0 radical (unpaired) electrons. The van der Waals surface area contributed by atoms with Crippen LogP contribution in [0.1, 0.15) is 30.1 Å². The number of benzene rings is 1. The lowest BCUT2D eigenvalue weighted by Crippen LogP contribution is -2.47. The Hall–Kier alpha value is -3.69. The number of piperidine rings is 1. The van der Waals surface area contributed by atoms with Crippen LogP contribution in [0.25, 0.3) is 10.9 Å². The number of esters is 1. The molecule has 10 heteroatoms. The molecular formula is C23H28N4O6. The van der Waals surface area contributed by atoms with Gasteiger partial charge in [0, 0.05) is 37.2 Å². The summed E-state index contributed by atoms with van der Waals surface area (Å²) in [4.78, 5) is 67.4. The fraction of sp³-hybridized carbons (Fsp3) is 0.435. The summed E-state index contributed by atoms with van der Waals surface area (Å²) in [5, 5.41) is 2.82. The van der Waals surface area contributed by atoms with E-state index in [2.05, 4.69) is 10.3 Å². The van der Waals surface area contributed by atoms with Gasteiger partial charge in [0.2, 0.25) is 17.2 Å². The number of nitrogens with one attached hydrogen (secondary N) is 2. The quantitative estimate of drug-likeness (QED) is 0.585. The average molecular weight is 456 g/mol. The van der Waals surface area contributed by atoms with E-state index >= 15 is 0 Å². The summed E-state index contributed by atoms with van der Waals surface area (Å²) in [6.07, 6.45) is 2.37. The number of nitrogens with zero attached hydrogens (tertiary/aromatic N) is 2.